The Bertz CT molecular complexity index is 977. The van der Waals surface area contributed by atoms with E-state index in [1.54, 1.807) is 42.5 Å². The fourth-order valence-electron chi connectivity index (χ4n) is 3.25. The van der Waals surface area contributed by atoms with Crippen molar-refractivity contribution in [2.75, 3.05) is 25.0 Å². The number of nitrogens with zero attached hydrogens (tertiary/aromatic N) is 1. The highest BCUT2D eigenvalue weighted by molar-refractivity contribution is 7.89. The van der Waals surface area contributed by atoms with Crippen molar-refractivity contribution < 1.29 is 22.7 Å². The first-order valence-electron chi connectivity index (χ1n) is 9.70. The number of rotatable bonds is 7. The molecule has 1 N–H and O–H groups in total. The second kappa shape index (κ2) is 9.42. The maximum atomic E-state index is 12.9. The summed E-state index contributed by atoms with van der Waals surface area (Å²) in [5, 5.41) is 2.77. The number of morpholine rings is 1. The molecule has 0 unspecified atom stereocenters. The first kappa shape index (κ1) is 22.0. The fourth-order valence-corrected chi connectivity index (χ4v) is 4.84. The number of sulfonamides is 1. The van der Waals surface area contributed by atoms with Crippen LogP contribution in [0, 0.1) is 0 Å². The van der Waals surface area contributed by atoms with E-state index < -0.39 is 10.0 Å². The summed E-state index contributed by atoms with van der Waals surface area (Å²) in [5.41, 5.74) is 0.976. The largest absolute Gasteiger partial charge is 0.490 e. The van der Waals surface area contributed by atoms with E-state index in [9.17, 15) is 13.2 Å². The van der Waals surface area contributed by atoms with Crippen LogP contribution < -0.4 is 10.1 Å². The van der Waals surface area contributed by atoms with Gasteiger partial charge < -0.3 is 14.8 Å². The molecular weight excluding hydrogens is 404 g/mol. The molecule has 1 amide bonds. The van der Waals surface area contributed by atoms with Gasteiger partial charge >= 0.3 is 0 Å². The second-order valence-electron chi connectivity index (χ2n) is 7.18. The number of carbonyl (C=O) groups is 1. The number of amides is 1. The summed E-state index contributed by atoms with van der Waals surface area (Å²) in [6, 6.07) is 12.9. The molecular formula is C22H26N2O5S. The predicted octanol–water partition coefficient (Wildman–Crippen LogP) is 3.30. The summed E-state index contributed by atoms with van der Waals surface area (Å²) in [5.74, 6) is 0.351. The van der Waals surface area contributed by atoms with Crippen LogP contribution in [0.25, 0.3) is 0 Å². The quantitative estimate of drug-likeness (QED) is 0.682. The number of hydrogen-bond acceptors (Lipinski definition) is 5. The monoisotopic (exact) mass is 430 g/mol. The highest BCUT2D eigenvalue weighted by atomic mass is 32.2. The Hall–Kier alpha value is -2.68. The van der Waals surface area contributed by atoms with Crippen LogP contribution in [0.4, 0.5) is 5.69 Å². The van der Waals surface area contributed by atoms with Crippen LogP contribution >= 0.6 is 0 Å². The highest BCUT2D eigenvalue weighted by Gasteiger charge is 2.32. The van der Waals surface area contributed by atoms with Gasteiger partial charge in [0.2, 0.25) is 10.0 Å². The van der Waals surface area contributed by atoms with Crippen LogP contribution in [0.1, 0.15) is 24.2 Å². The zero-order valence-corrected chi connectivity index (χ0v) is 17.9. The molecule has 3 rings (SSSR count). The molecule has 0 aromatic heterocycles. The molecule has 1 heterocycles. The van der Waals surface area contributed by atoms with Crippen molar-refractivity contribution in [2.24, 2.45) is 0 Å². The average molecular weight is 431 g/mol. The molecule has 0 spiro atoms. The van der Waals surface area contributed by atoms with Crippen LogP contribution in [-0.2, 0) is 14.8 Å². The van der Waals surface area contributed by atoms with Gasteiger partial charge in [-0.15, -0.1) is 0 Å². The van der Waals surface area contributed by atoms with Crippen molar-refractivity contribution in [1.82, 2.24) is 4.31 Å². The lowest BCUT2D eigenvalue weighted by Gasteiger charge is -2.34. The Morgan fingerprint density at radius 3 is 2.30 bits per heavy atom. The van der Waals surface area contributed by atoms with Crippen molar-refractivity contribution in [2.45, 2.75) is 31.0 Å². The summed E-state index contributed by atoms with van der Waals surface area (Å²) in [7, 11) is -3.62. The molecule has 1 saturated heterocycles. The maximum absolute atomic E-state index is 12.9. The first-order chi connectivity index (χ1) is 14.3. The van der Waals surface area contributed by atoms with E-state index in [2.05, 4.69) is 11.9 Å². The number of benzene rings is 2. The van der Waals surface area contributed by atoms with E-state index in [1.807, 2.05) is 13.8 Å². The molecule has 30 heavy (non-hydrogen) atoms. The molecule has 8 heteroatoms. The lowest BCUT2D eigenvalue weighted by molar-refractivity contribution is -0.0440. The number of nitrogens with one attached hydrogen (secondary N) is 1. The topological polar surface area (TPSA) is 84.9 Å². The van der Waals surface area contributed by atoms with Gasteiger partial charge in [-0.2, -0.15) is 4.31 Å². The van der Waals surface area contributed by atoms with E-state index in [0.29, 0.717) is 36.7 Å². The predicted molar refractivity (Wildman–Crippen MR) is 115 cm³/mol. The van der Waals surface area contributed by atoms with Gasteiger partial charge in [0, 0.05) is 24.3 Å². The average Bonchev–Trinajstić information content (AvgIpc) is 2.72. The van der Waals surface area contributed by atoms with E-state index in [-0.39, 0.29) is 23.0 Å². The molecule has 0 aliphatic carbocycles. The summed E-state index contributed by atoms with van der Waals surface area (Å²) >= 11 is 0. The Kier molecular flexibility index (Phi) is 6.91. The smallest absolute Gasteiger partial charge is 0.255 e. The van der Waals surface area contributed by atoms with Crippen molar-refractivity contribution in [3.63, 3.8) is 0 Å². The summed E-state index contributed by atoms with van der Waals surface area (Å²) in [6.45, 7) is 8.33. The lowest BCUT2D eigenvalue weighted by atomic mass is 10.2. The minimum atomic E-state index is -3.62. The molecule has 0 bridgehead atoms. The summed E-state index contributed by atoms with van der Waals surface area (Å²) < 4.78 is 38.3. The van der Waals surface area contributed by atoms with Gasteiger partial charge in [0.15, 0.2) is 0 Å². The molecule has 7 nitrogen and oxygen atoms in total. The van der Waals surface area contributed by atoms with E-state index in [4.69, 9.17) is 9.47 Å². The van der Waals surface area contributed by atoms with E-state index >= 15 is 0 Å². The molecule has 1 fully saturated rings. The Morgan fingerprint density at radius 2 is 1.73 bits per heavy atom. The van der Waals surface area contributed by atoms with Crippen molar-refractivity contribution in [1.29, 1.82) is 0 Å². The van der Waals surface area contributed by atoms with Crippen LogP contribution in [0.5, 0.6) is 5.75 Å². The second-order valence-corrected chi connectivity index (χ2v) is 9.12. The molecule has 2 atom stereocenters. The zero-order chi connectivity index (χ0) is 21.7. The number of hydrogen-bond donors (Lipinski definition) is 1. The van der Waals surface area contributed by atoms with Crippen molar-refractivity contribution in [3.05, 3.63) is 66.7 Å². The normalized spacial score (nSPS) is 19.8. The van der Waals surface area contributed by atoms with Gasteiger partial charge in [0.05, 0.1) is 17.1 Å². The Labute approximate surface area is 177 Å². The SMILES string of the molecule is C=CCOc1ccc(C(=O)Nc2ccc(S(=O)(=O)N3C[C@@H](C)O[C@@H](C)C3)cc2)cc1. The highest BCUT2D eigenvalue weighted by Crippen LogP contribution is 2.23. The summed E-state index contributed by atoms with van der Waals surface area (Å²) in [6.07, 6.45) is 1.33. The number of ether oxygens (including phenoxy) is 2. The van der Waals surface area contributed by atoms with Gasteiger partial charge in [0.25, 0.3) is 5.91 Å². The van der Waals surface area contributed by atoms with Gasteiger partial charge in [-0.3, -0.25) is 4.79 Å². The van der Waals surface area contributed by atoms with E-state index in [0.717, 1.165) is 0 Å². The van der Waals surface area contributed by atoms with E-state index in [1.165, 1.54) is 16.4 Å². The van der Waals surface area contributed by atoms with Crippen LogP contribution in [0.2, 0.25) is 0 Å². The molecule has 2 aromatic rings. The third kappa shape index (κ3) is 5.27. The van der Waals surface area contributed by atoms with Crippen molar-refractivity contribution >= 4 is 21.6 Å². The molecule has 160 valence electrons. The third-order valence-corrected chi connectivity index (χ3v) is 6.47. The number of carbonyl (C=O) groups excluding carboxylic acids is 1. The van der Waals surface area contributed by atoms with Gasteiger partial charge in [-0.1, -0.05) is 12.7 Å². The van der Waals surface area contributed by atoms with Gasteiger partial charge in [-0.05, 0) is 62.4 Å². The fraction of sp³-hybridized carbons (Fsp3) is 0.318. The number of anilines is 1. The van der Waals surface area contributed by atoms with Crippen LogP contribution in [-0.4, -0.2) is 50.5 Å². The minimum Gasteiger partial charge on any atom is -0.490 e. The van der Waals surface area contributed by atoms with Gasteiger partial charge in [0.1, 0.15) is 12.4 Å². The molecule has 0 radical (unpaired) electrons. The Morgan fingerprint density at radius 1 is 1.13 bits per heavy atom. The Balaban J connectivity index is 1.66. The van der Waals surface area contributed by atoms with Crippen LogP contribution in [0.3, 0.4) is 0 Å². The summed E-state index contributed by atoms with van der Waals surface area (Å²) in [4.78, 5) is 12.6. The van der Waals surface area contributed by atoms with Gasteiger partial charge in [-0.25, -0.2) is 8.42 Å². The van der Waals surface area contributed by atoms with Crippen LogP contribution in [0.15, 0.2) is 66.1 Å². The zero-order valence-electron chi connectivity index (χ0n) is 17.1. The molecule has 0 saturated carbocycles. The molecule has 1 aliphatic rings. The molecule has 1 aliphatic heterocycles. The molecule has 2 aromatic carbocycles. The lowest BCUT2D eigenvalue weighted by Crippen LogP contribution is -2.48. The first-order valence-corrected chi connectivity index (χ1v) is 11.1. The maximum Gasteiger partial charge on any atom is 0.255 e. The van der Waals surface area contributed by atoms with Crippen molar-refractivity contribution in [3.8, 4) is 5.75 Å². The third-order valence-electron chi connectivity index (χ3n) is 4.62. The minimum absolute atomic E-state index is 0.157. The standard InChI is InChI=1S/C22H26N2O5S/c1-4-13-28-20-9-5-18(6-10-20)22(25)23-19-7-11-21(12-8-19)30(26,27)24-14-16(2)29-17(3)15-24/h4-12,16-17H,1,13-15H2,2-3H3,(H,23,25)/t16-,17+.